The monoisotopic (exact) mass is 187 g/mol. The van der Waals surface area contributed by atoms with E-state index in [0.29, 0.717) is 5.56 Å². The molecule has 0 radical (unpaired) electrons. The maximum absolute atomic E-state index is 12.7. The van der Waals surface area contributed by atoms with Gasteiger partial charge < -0.3 is 0 Å². The van der Waals surface area contributed by atoms with Gasteiger partial charge in [0.05, 0.1) is 11.0 Å². The van der Waals surface area contributed by atoms with Crippen molar-refractivity contribution in [1.82, 2.24) is 0 Å². The summed E-state index contributed by atoms with van der Waals surface area (Å²) in [6.07, 6.45) is 0. The summed E-state index contributed by atoms with van der Waals surface area (Å²) < 4.78 is 12.7. The second-order valence-electron chi connectivity index (χ2n) is 2.35. The number of halogens is 1. The van der Waals surface area contributed by atoms with Gasteiger partial charge in [-0.2, -0.15) is 0 Å². The van der Waals surface area contributed by atoms with Gasteiger partial charge in [-0.25, -0.2) is 4.39 Å². The number of hydrogen-bond acceptors (Lipinski definition) is 3. The van der Waals surface area contributed by atoms with Crippen LogP contribution in [0.5, 0.6) is 0 Å². The zero-order valence-corrected chi connectivity index (χ0v) is 7.14. The average molecular weight is 187 g/mol. The van der Waals surface area contributed by atoms with Crippen LogP contribution in [0, 0.1) is 22.9 Å². The van der Waals surface area contributed by atoms with E-state index in [1.165, 1.54) is 13.0 Å². The van der Waals surface area contributed by atoms with Crippen molar-refractivity contribution in [3.63, 3.8) is 0 Å². The summed E-state index contributed by atoms with van der Waals surface area (Å²) in [5.41, 5.74) is 0.191. The van der Waals surface area contributed by atoms with Gasteiger partial charge in [0.1, 0.15) is 5.82 Å². The Bertz CT molecular complexity index is 340. The highest BCUT2D eigenvalue weighted by Gasteiger charge is 2.13. The second-order valence-corrected chi connectivity index (χ2v) is 2.83. The number of hydrogen-bond donors (Lipinski definition) is 1. The molecule has 0 bridgehead atoms. The van der Waals surface area contributed by atoms with E-state index in [9.17, 15) is 14.5 Å². The van der Waals surface area contributed by atoms with Crippen LogP contribution < -0.4 is 0 Å². The Morgan fingerprint density at radius 3 is 2.67 bits per heavy atom. The van der Waals surface area contributed by atoms with Crippen LogP contribution in [0.2, 0.25) is 0 Å². The lowest BCUT2D eigenvalue weighted by molar-refractivity contribution is -0.385. The van der Waals surface area contributed by atoms with Crippen molar-refractivity contribution in [2.45, 2.75) is 11.8 Å². The molecule has 0 aliphatic carbocycles. The quantitative estimate of drug-likeness (QED) is 0.416. The van der Waals surface area contributed by atoms with Crippen LogP contribution in [-0.4, -0.2) is 4.92 Å². The lowest BCUT2D eigenvalue weighted by Crippen LogP contribution is -1.93. The highest BCUT2D eigenvalue weighted by molar-refractivity contribution is 7.80. The first-order chi connectivity index (χ1) is 5.52. The molecule has 0 N–H and O–H groups in total. The number of nitro groups is 1. The SMILES string of the molecule is Cc1cc(S)c(F)cc1[N+](=O)[O-]. The van der Waals surface area contributed by atoms with E-state index in [4.69, 9.17) is 0 Å². The minimum Gasteiger partial charge on any atom is -0.258 e. The zero-order valence-electron chi connectivity index (χ0n) is 6.24. The molecule has 0 fully saturated rings. The highest BCUT2D eigenvalue weighted by atomic mass is 32.1. The lowest BCUT2D eigenvalue weighted by Gasteiger charge is -1.98. The van der Waals surface area contributed by atoms with Gasteiger partial charge in [-0.3, -0.25) is 10.1 Å². The summed E-state index contributed by atoms with van der Waals surface area (Å²) in [6.45, 7) is 1.54. The number of benzene rings is 1. The zero-order chi connectivity index (χ0) is 9.30. The summed E-state index contributed by atoms with van der Waals surface area (Å²) in [7, 11) is 0. The summed E-state index contributed by atoms with van der Waals surface area (Å²) in [6, 6.07) is 2.20. The van der Waals surface area contributed by atoms with Crippen LogP contribution in [0.15, 0.2) is 17.0 Å². The van der Waals surface area contributed by atoms with E-state index in [0.717, 1.165) is 6.07 Å². The van der Waals surface area contributed by atoms with Gasteiger partial charge in [0, 0.05) is 10.5 Å². The molecule has 0 amide bonds. The fraction of sp³-hybridized carbons (Fsp3) is 0.143. The summed E-state index contributed by atoms with van der Waals surface area (Å²) in [4.78, 5) is 9.80. The number of aryl methyl sites for hydroxylation is 1. The highest BCUT2D eigenvalue weighted by Crippen LogP contribution is 2.23. The predicted molar refractivity (Wildman–Crippen MR) is 45.0 cm³/mol. The summed E-state index contributed by atoms with van der Waals surface area (Å²) in [5, 5.41) is 10.3. The third-order valence-corrected chi connectivity index (χ3v) is 1.80. The molecule has 3 nitrogen and oxygen atoms in total. The molecule has 0 atom stereocenters. The molecule has 0 heterocycles. The Morgan fingerprint density at radius 2 is 2.17 bits per heavy atom. The van der Waals surface area contributed by atoms with Crippen molar-refractivity contribution in [1.29, 1.82) is 0 Å². The van der Waals surface area contributed by atoms with Crippen LogP contribution in [0.1, 0.15) is 5.56 Å². The fourth-order valence-electron chi connectivity index (χ4n) is 0.852. The molecule has 12 heavy (non-hydrogen) atoms. The van der Waals surface area contributed by atoms with Gasteiger partial charge in [-0.05, 0) is 13.0 Å². The molecule has 0 aromatic heterocycles. The molecule has 0 spiro atoms. The smallest absolute Gasteiger partial charge is 0.258 e. The average Bonchev–Trinajstić information content (AvgIpc) is 1.96. The van der Waals surface area contributed by atoms with Crippen LogP contribution in [-0.2, 0) is 0 Å². The summed E-state index contributed by atoms with van der Waals surface area (Å²) >= 11 is 3.79. The Labute approximate surface area is 73.8 Å². The molecular formula is C7H6FNO2S. The van der Waals surface area contributed by atoms with E-state index in [-0.39, 0.29) is 10.6 Å². The first-order valence-corrected chi connectivity index (χ1v) is 3.60. The molecule has 0 aliphatic heterocycles. The number of rotatable bonds is 1. The van der Waals surface area contributed by atoms with E-state index in [1.807, 2.05) is 0 Å². The molecule has 1 aromatic rings. The van der Waals surface area contributed by atoms with E-state index in [1.54, 1.807) is 0 Å². The topological polar surface area (TPSA) is 43.1 Å². The fourth-order valence-corrected chi connectivity index (χ4v) is 1.11. The van der Waals surface area contributed by atoms with Crippen molar-refractivity contribution in [2.24, 2.45) is 0 Å². The van der Waals surface area contributed by atoms with Crippen molar-refractivity contribution < 1.29 is 9.31 Å². The molecule has 1 aromatic carbocycles. The molecule has 0 saturated heterocycles. The molecule has 1 rings (SSSR count). The third-order valence-electron chi connectivity index (χ3n) is 1.46. The number of nitrogens with zero attached hydrogens (tertiary/aromatic N) is 1. The maximum atomic E-state index is 12.7. The largest absolute Gasteiger partial charge is 0.275 e. The number of thiol groups is 1. The van der Waals surface area contributed by atoms with Crippen LogP contribution in [0.3, 0.4) is 0 Å². The molecule has 0 saturated carbocycles. The molecule has 0 unspecified atom stereocenters. The van der Waals surface area contributed by atoms with E-state index in [2.05, 4.69) is 12.6 Å². The van der Waals surface area contributed by atoms with E-state index < -0.39 is 10.7 Å². The third kappa shape index (κ3) is 1.55. The molecule has 5 heteroatoms. The Hall–Kier alpha value is -1.10. The number of nitro benzene ring substituents is 1. The molecular weight excluding hydrogens is 181 g/mol. The molecule has 0 aliphatic rings. The minimum atomic E-state index is -0.671. The Kier molecular flexibility index (Phi) is 2.32. The van der Waals surface area contributed by atoms with Crippen molar-refractivity contribution in [3.8, 4) is 0 Å². The van der Waals surface area contributed by atoms with Crippen LogP contribution in [0.25, 0.3) is 0 Å². The standard InChI is InChI=1S/C7H6FNO2S/c1-4-2-7(12)5(8)3-6(4)9(10)11/h2-3,12H,1H3. The van der Waals surface area contributed by atoms with E-state index >= 15 is 0 Å². The second kappa shape index (κ2) is 3.10. The summed E-state index contributed by atoms with van der Waals surface area (Å²) in [5.74, 6) is -0.671. The minimum absolute atomic E-state index is 0.123. The van der Waals surface area contributed by atoms with Crippen LogP contribution in [0.4, 0.5) is 10.1 Å². The van der Waals surface area contributed by atoms with Gasteiger partial charge in [0.25, 0.3) is 5.69 Å². The Balaban J connectivity index is 3.33. The van der Waals surface area contributed by atoms with Crippen molar-refractivity contribution >= 4 is 18.3 Å². The van der Waals surface area contributed by atoms with Crippen molar-refractivity contribution in [3.05, 3.63) is 33.6 Å². The van der Waals surface area contributed by atoms with Gasteiger partial charge in [0.2, 0.25) is 0 Å². The lowest BCUT2D eigenvalue weighted by atomic mass is 10.2. The van der Waals surface area contributed by atoms with Crippen LogP contribution >= 0.6 is 12.6 Å². The first kappa shape index (κ1) is 8.99. The Morgan fingerprint density at radius 1 is 1.58 bits per heavy atom. The molecule has 64 valence electrons. The van der Waals surface area contributed by atoms with Gasteiger partial charge in [0.15, 0.2) is 0 Å². The predicted octanol–water partition coefficient (Wildman–Crippen LogP) is 2.33. The normalized spacial score (nSPS) is 9.92. The van der Waals surface area contributed by atoms with Gasteiger partial charge >= 0.3 is 0 Å². The maximum Gasteiger partial charge on any atom is 0.275 e. The van der Waals surface area contributed by atoms with Crippen molar-refractivity contribution in [2.75, 3.05) is 0 Å². The van der Waals surface area contributed by atoms with Gasteiger partial charge in [-0.15, -0.1) is 12.6 Å². The van der Waals surface area contributed by atoms with Gasteiger partial charge in [-0.1, -0.05) is 0 Å². The first-order valence-electron chi connectivity index (χ1n) is 3.16.